The predicted molar refractivity (Wildman–Crippen MR) is 256 cm³/mol. The Morgan fingerprint density at radius 2 is 1.64 bits per heavy atom. The van der Waals surface area contributed by atoms with E-state index in [4.69, 9.17) is 23.7 Å². The molecule has 0 spiro atoms. The molecular weight excluding hydrogens is 887 g/mol. The summed E-state index contributed by atoms with van der Waals surface area (Å²) >= 11 is 0. The number of aromatic nitrogens is 4. The van der Waals surface area contributed by atoms with Gasteiger partial charge in [-0.1, -0.05) is 71.1 Å². The van der Waals surface area contributed by atoms with Crippen LogP contribution in [0.25, 0.3) is 0 Å². The molecule has 2 bridgehead atoms. The molecule has 0 radical (unpaired) electrons. The van der Waals surface area contributed by atoms with Crippen molar-refractivity contribution in [3.8, 4) is 0 Å². The Morgan fingerprint density at radius 1 is 0.884 bits per heavy atom. The van der Waals surface area contributed by atoms with Crippen molar-refractivity contribution in [2.45, 2.75) is 180 Å². The summed E-state index contributed by atoms with van der Waals surface area (Å²) in [6.07, 6.45) is 13.9. The maximum atomic E-state index is 14.5. The van der Waals surface area contributed by atoms with E-state index in [0.717, 1.165) is 18.4 Å². The topological polar surface area (TPSA) is 219 Å². The van der Waals surface area contributed by atoms with E-state index in [2.05, 4.69) is 15.5 Å². The minimum absolute atomic E-state index is 0.0170. The number of ether oxygens (including phenoxy) is 5. The van der Waals surface area contributed by atoms with Gasteiger partial charge in [0.25, 0.3) is 11.7 Å². The Hall–Kier alpha value is -4.26. The zero-order chi connectivity index (χ0) is 50.6. The Balaban J connectivity index is 1.46. The summed E-state index contributed by atoms with van der Waals surface area (Å²) in [5.41, 5.74) is 1.27. The number of Topliss-reactive ketones (excluding diaryl/α,β-unsaturated/α-hetero) is 3. The highest BCUT2D eigenvalue weighted by Gasteiger charge is 2.53. The minimum Gasteiger partial charge on any atom is -0.460 e. The first kappa shape index (κ1) is 55.7. The van der Waals surface area contributed by atoms with Crippen molar-refractivity contribution < 1.29 is 57.9 Å². The zero-order valence-electron chi connectivity index (χ0n) is 42.5. The Morgan fingerprint density at radius 3 is 2.32 bits per heavy atom. The molecule has 0 aromatic carbocycles. The van der Waals surface area contributed by atoms with Crippen LogP contribution in [-0.4, -0.2) is 141 Å². The molecule has 15 atom stereocenters. The number of esters is 1. The van der Waals surface area contributed by atoms with E-state index >= 15 is 0 Å². The molecule has 4 aliphatic rings. The summed E-state index contributed by atoms with van der Waals surface area (Å²) in [5, 5.41) is 35.2. The SMILES string of the molecule is COC1C[C@@H]2CC[C@@H](C)[C@@](O)(O2)C(=O)C(=O)N2CCCC[C@H]2C(=O)O[C@H]([C@H](C)C[C@@H]2CC[C@H](n3cnnn3)[C@H](OC)C2)CC(=O)[C@H](C)/C=C(\C)[C@@H](O)C(OC)C(=O)C(C)CC(C)/C=C/C=CC=C1C. The summed E-state index contributed by atoms with van der Waals surface area (Å²) < 4.78 is 31.6. The summed E-state index contributed by atoms with van der Waals surface area (Å²) in [6.45, 7) is 12.8. The number of tetrazole rings is 1. The fraction of sp³-hybridized carbons (Fsp3) is 0.731. The second-order valence-electron chi connectivity index (χ2n) is 20.4. The van der Waals surface area contributed by atoms with Crippen molar-refractivity contribution in [3.63, 3.8) is 0 Å². The number of methoxy groups -OCH3 is 3. The maximum absolute atomic E-state index is 14.5. The van der Waals surface area contributed by atoms with Gasteiger partial charge in [0.1, 0.15) is 36.5 Å². The van der Waals surface area contributed by atoms with Crippen LogP contribution in [0.3, 0.4) is 0 Å². The lowest BCUT2D eigenvalue weighted by molar-refractivity contribution is -0.265. The van der Waals surface area contributed by atoms with Crippen molar-refractivity contribution in [2.75, 3.05) is 27.9 Å². The second kappa shape index (κ2) is 25.7. The molecule has 5 rings (SSSR count). The van der Waals surface area contributed by atoms with Gasteiger partial charge in [-0.05, 0) is 117 Å². The molecule has 2 N–H and O–H groups in total. The normalized spacial score (nSPS) is 37.5. The largest absolute Gasteiger partial charge is 0.460 e. The minimum atomic E-state index is -2.43. The zero-order valence-corrected chi connectivity index (χ0v) is 42.5. The number of piperidine rings is 1. The number of aliphatic hydroxyl groups is 2. The molecule has 4 unspecified atom stereocenters. The molecule has 17 nitrogen and oxygen atoms in total. The summed E-state index contributed by atoms with van der Waals surface area (Å²) in [6, 6.07) is -1.19. The molecule has 1 saturated carbocycles. The molecule has 3 aliphatic heterocycles. The fourth-order valence-corrected chi connectivity index (χ4v) is 10.7. The Kier molecular flexibility index (Phi) is 20.8. The number of hydrogen-bond donors (Lipinski definition) is 2. The number of carbonyl (C=O) groups is 5. The van der Waals surface area contributed by atoms with Gasteiger partial charge in [-0.25, -0.2) is 9.48 Å². The molecule has 69 heavy (non-hydrogen) atoms. The summed E-state index contributed by atoms with van der Waals surface area (Å²) in [4.78, 5) is 72.3. The molecule has 4 heterocycles. The van der Waals surface area contributed by atoms with Gasteiger partial charge in [-0.15, -0.1) is 5.10 Å². The van der Waals surface area contributed by atoms with Crippen LogP contribution < -0.4 is 0 Å². The highest BCUT2D eigenvalue weighted by molar-refractivity contribution is 6.39. The van der Waals surface area contributed by atoms with Gasteiger partial charge in [0.05, 0.1) is 24.4 Å². The number of hydrogen-bond acceptors (Lipinski definition) is 15. The lowest BCUT2D eigenvalue weighted by atomic mass is 9.77. The van der Waals surface area contributed by atoms with Crippen LogP contribution >= 0.6 is 0 Å². The van der Waals surface area contributed by atoms with Crippen LogP contribution in [0, 0.1) is 35.5 Å². The summed E-state index contributed by atoms with van der Waals surface area (Å²) in [5.74, 6) is -7.92. The molecular formula is C52H79N5O12. The van der Waals surface area contributed by atoms with Crippen LogP contribution in [-0.2, 0) is 47.7 Å². The highest BCUT2D eigenvalue weighted by Crippen LogP contribution is 2.39. The number of aliphatic hydroxyl groups excluding tert-OH is 1. The first-order valence-corrected chi connectivity index (χ1v) is 25.0. The van der Waals surface area contributed by atoms with Crippen molar-refractivity contribution in [2.24, 2.45) is 35.5 Å². The molecule has 1 amide bonds. The first-order chi connectivity index (χ1) is 32.8. The Bertz CT molecular complexity index is 2020. The lowest BCUT2D eigenvalue weighted by Gasteiger charge is -2.42. The van der Waals surface area contributed by atoms with E-state index in [1.807, 2.05) is 58.1 Å². The molecule has 1 aromatic rings. The number of allylic oxidation sites excluding steroid dienone is 6. The number of cyclic esters (lactones) is 1. The lowest BCUT2D eigenvalue weighted by Crippen LogP contribution is -2.61. The van der Waals surface area contributed by atoms with E-state index in [0.29, 0.717) is 56.9 Å². The van der Waals surface area contributed by atoms with Crippen LogP contribution in [0.1, 0.15) is 132 Å². The van der Waals surface area contributed by atoms with Crippen molar-refractivity contribution in [1.29, 1.82) is 0 Å². The van der Waals surface area contributed by atoms with Gasteiger partial charge in [-0.3, -0.25) is 19.2 Å². The quantitative estimate of drug-likeness (QED) is 0.181. The van der Waals surface area contributed by atoms with Gasteiger partial charge in [0.15, 0.2) is 5.78 Å². The number of carbonyl (C=O) groups excluding carboxylic acids is 5. The van der Waals surface area contributed by atoms with Crippen molar-refractivity contribution in [3.05, 3.63) is 53.9 Å². The third-order valence-corrected chi connectivity index (χ3v) is 15.2. The van der Waals surface area contributed by atoms with E-state index in [-0.39, 0.29) is 60.9 Å². The van der Waals surface area contributed by atoms with E-state index < -0.39 is 77.8 Å². The number of nitrogens with zero attached hydrogens (tertiary/aromatic N) is 5. The van der Waals surface area contributed by atoms with E-state index in [1.54, 1.807) is 52.1 Å². The van der Waals surface area contributed by atoms with Crippen LogP contribution in [0.15, 0.2) is 53.9 Å². The molecule has 17 heteroatoms. The number of amides is 1. The van der Waals surface area contributed by atoms with Crippen LogP contribution in [0.4, 0.5) is 0 Å². The van der Waals surface area contributed by atoms with Gasteiger partial charge >= 0.3 is 5.97 Å². The van der Waals surface area contributed by atoms with Crippen molar-refractivity contribution >= 4 is 29.2 Å². The number of rotatable bonds is 7. The average molecular weight is 966 g/mol. The van der Waals surface area contributed by atoms with Gasteiger partial charge < -0.3 is 38.8 Å². The third-order valence-electron chi connectivity index (χ3n) is 15.2. The third kappa shape index (κ3) is 14.2. The van der Waals surface area contributed by atoms with E-state index in [9.17, 15) is 34.2 Å². The number of fused-ring (bicyclic) bond motifs is 3. The fourth-order valence-electron chi connectivity index (χ4n) is 10.7. The smallest absolute Gasteiger partial charge is 0.329 e. The average Bonchev–Trinajstić information content (AvgIpc) is 3.88. The van der Waals surface area contributed by atoms with E-state index in [1.165, 1.54) is 12.0 Å². The molecule has 1 aromatic heterocycles. The van der Waals surface area contributed by atoms with Gasteiger partial charge in [-0.2, -0.15) is 0 Å². The highest BCUT2D eigenvalue weighted by atomic mass is 16.6. The number of ketones is 3. The van der Waals surface area contributed by atoms with Gasteiger partial charge in [0.2, 0.25) is 5.79 Å². The van der Waals surface area contributed by atoms with Crippen LogP contribution in [0.2, 0.25) is 0 Å². The molecule has 384 valence electrons. The second-order valence-corrected chi connectivity index (χ2v) is 20.4. The first-order valence-electron chi connectivity index (χ1n) is 25.0. The molecule has 1 aliphatic carbocycles. The summed E-state index contributed by atoms with van der Waals surface area (Å²) in [7, 11) is 4.62. The predicted octanol–water partition coefficient (Wildman–Crippen LogP) is 6.05. The van der Waals surface area contributed by atoms with Gasteiger partial charge in [0, 0.05) is 58.5 Å². The monoisotopic (exact) mass is 966 g/mol. The molecule has 2 saturated heterocycles. The van der Waals surface area contributed by atoms with Crippen LogP contribution in [0.5, 0.6) is 0 Å². The Labute approximate surface area is 408 Å². The maximum Gasteiger partial charge on any atom is 0.329 e. The standard InChI is InChI=1S/C52H79N5O12/c1-31-16-12-11-13-17-32(2)43(65-8)28-39-21-19-37(7)52(64,69-39)49(61)50(62)56-23-15-14-18-41(56)51(63)68-44(34(4)26-38-20-22-40(45(27-38)66-9)57-30-53-54-55-57)29-42(58)33(3)25-36(6)47(60)48(67-10)46(59)35(5)24-31/h11-13,16-17,25,30-31,33-35,37-41,43-45,47-48,60,64H,14-15,18-24,26-29H2,1-10H3/b13-11?,16-12+,32-17?,36-25+/t31?,33-,34-,35?,37-,38+,39+,40+,41+,43?,44+,45-,47-,48?,52-/m1/s1. The molecule has 3 fully saturated rings. The van der Waals surface area contributed by atoms with Crippen molar-refractivity contribution in [1.82, 2.24) is 25.1 Å².